The Labute approximate surface area is 212 Å². The molecule has 0 unspecified atom stereocenters. The number of aryl methyl sites for hydroxylation is 1. The molecule has 0 atom stereocenters. The van der Waals surface area contributed by atoms with Crippen LogP contribution in [0.2, 0.25) is 0 Å². The van der Waals surface area contributed by atoms with Crippen molar-refractivity contribution in [2.24, 2.45) is 0 Å². The van der Waals surface area contributed by atoms with Gasteiger partial charge in [0.15, 0.2) is 0 Å². The number of unbranched alkanes of at least 4 members (excludes halogenated alkanes) is 3. The van der Waals surface area contributed by atoms with Gasteiger partial charge >= 0.3 is 0 Å². The fourth-order valence-electron chi connectivity index (χ4n) is 4.40. The summed E-state index contributed by atoms with van der Waals surface area (Å²) in [6, 6.07) is 16.1. The maximum atomic E-state index is 13.0. The number of benzene rings is 2. The van der Waals surface area contributed by atoms with Crippen LogP contribution < -0.4 is 9.64 Å². The average molecular weight is 494 g/mol. The summed E-state index contributed by atoms with van der Waals surface area (Å²) in [5, 5.41) is -0.199. The van der Waals surface area contributed by atoms with Crippen LogP contribution in [0.5, 0.6) is 5.75 Å². The van der Waals surface area contributed by atoms with Gasteiger partial charge < -0.3 is 9.64 Å². The summed E-state index contributed by atoms with van der Waals surface area (Å²) in [6.07, 6.45) is 6.49. The van der Waals surface area contributed by atoms with Crippen LogP contribution in [0.25, 0.3) is 6.08 Å². The van der Waals surface area contributed by atoms with E-state index in [1.54, 1.807) is 6.08 Å². The first-order chi connectivity index (χ1) is 17.0. The van der Waals surface area contributed by atoms with Crippen molar-refractivity contribution in [3.63, 3.8) is 0 Å². The Morgan fingerprint density at radius 3 is 2.40 bits per heavy atom. The highest BCUT2D eigenvalue weighted by Gasteiger charge is 2.36. The molecule has 0 radical (unpaired) electrons. The molecule has 35 heavy (non-hydrogen) atoms. The predicted molar refractivity (Wildman–Crippen MR) is 144 cm³/mol. The molecule has 0 saturated carbocycles. The van der Waals surface area contributed by atoms with Gasteiger partial charge in [-0.1, -0.05) is 56.5 Å². The van der Waals surface area contributed by atoms with Crippen LogP contribution in [0.1, 0.15) is 43.7 Å². The number of anilines is 1. The number of amides is 2. The van der Waals surface area contributed by atoms with E-state index >= 15 is 0 Å². The van der Waals surface area contributed by atoms with E-state index < -0.39 is 0 Å². The van der Waals surface area contributed by atoms with Crippen LogP contribution in [0.3, 0.4) is 0 Å². The lowest BCUT2D eigenvalue weighted by molar-refractivity contribution is -0.124. The lowest BCUT2D eigenvalue weighted by atomic mass is 10.1. The van der Waals surface area contributed by atoms with E-state index in [0.29, 0.717) is 11.6 Å². The summed E-state index contributed by atoms with van der Waals surface area (Å²) in [5.74, 6) is 0.620. The molecule has 4 rings (SSSR count). The first-order valence-corrected chi connectivity index (χ1v) is 13.4. The fourth-order valence-corrected chi connectivity index (χ4v) is 5.23. The van der Waals surface area contributed by atoms with Crippen LogP contribution in [0, 0.1) is 6.92 Å². The van der Waals surface area contributed by atoms with Gasteiger partial charge in [-0.3, -0.25) is 19.4 Å². The molecule has 0 N–H and O–H groups in total. The van der Waals surface area contributed by atoms with Gasteiger partial charge in [-0.25, -0.2) is 0 Å². The highest BCUT2D eigenvalue weighted by molar-refractivity contribution is 8.18. The smallest absolute Gasteiger partial charge is 0.294 e. The zero-order valence-corrected chi connectivity index (χ0v) is 21.6. The third-order valence-corrected chi connectivity index (χ3v) is 7.40. The summed E-state index contributed by atoms with van der Waals surface area (Å²) < 4.78 is 5.80. The van der Waals surface area contributed by atoms with Crippen LogP contribution in [0.4, 0.5) is 10.5 Å². The molecule has 7 heteroatoms. The third-order valence-electron chi connectivity index (χ3n) is 6.49. The number of rotatable bonds is 10. The molecule has 0 aliphatic carbocycles. The number of ether oxygens (including phenoxy) is 1. The van der Waals surface area contributed by atoms with Gasteiger partial charge in [0.05, 0.1) is 18.2 Å². The number of piperazine rings is 1. The molecule has 2 aliphatic rings. The molecule has 0 spiro atoms. The monoisotopic (exact) mass is 493 g/mol. The molecule has 2 amide bonds. The van der Waals surface area contributed by atoms with Crippen molar-refractivity contribution < 1.29 is 14.3 Å². The van der Waals surface area contributed by atoms with Crippen molar-refractivity contribution in [1.82, 2.24) is 9.80 Å². The minimum absolute atomic E-state index is 0.199. The Kier molecular flexibility index (Phi) is 8.88. The Morgan fingerprint density at radius 2 is 1.69 bits per heavy atom. The van der Waals surface area contributed by atoms with Gasteiger partial charge in [0.1, 0.15) is 5.75 Å². The van der Waals surface area contributed by atoms with E-state index in [9.17, 15) is 9.59 Å². The number of hydrogen-bond acceptors (Lipinski definition) is 6. The highest BCUT2D eigenvalue weighted by atomic mass is 32.2. The van der Waals surface area contributed by atoms with Gasteiger partial charge in [0.2, 0.25) is 0 Å². The van der Waals surface area contributed by atoms with Crippen molar-refractivity contribution in [2.75, 3.05) is 44.4 Å². The van der Waals surface area contributed by atoms with Crippen molar-refractivity contribution in [3.05, 3.63) is 64.6 Å². The second-order valence-electron chi connectivity index (χ2n) is 9.12. The van der Waals surface area contributed by atoms with E-state index in [-0.39, 0.29) is 11.1 Å². The van der Waals surface area contributed by atoms with Crippen LogP contribution in [-0.2, 0) is 4.79 Å². The van der Waals surface area contributed by atoms with Gasteiger partial charge in [0.25, 0.3) is 11.1 Å². The lowest BCUT2D eigenvalue weighted by Crippen LogP contribution is -2.51. The molecule has 2 heterocycles. The topological polar surface area (TPSA) is 53.1 Å². The van der Waals surface area contributed by atoms with E-state index in [1.807, 2.05) is 24.3 Å². The summed E-state index contributed by atoms with van der Waals surface area (Å²) in [4.78, 5) is 32.0. The number of nitrogens with zero attached hydrogens (tertiary/aromatic N) is 3. The number of hydrogen-bond donors (Lipinski definition) is 0. The Balaban J connectivity index is 1.28. The van der Waals surface area contributed by atoms with E-state index in [2.05, 4.69) is 47.9 Å². The fraction of sp³-hybridized carbons (Fsp3) is 0.429. The summed E-state index contributed by atoms with van der Waals surface area (Å²) >= 11 is 1.02. The van der Waals surface area contributed by atoms with Crippen molar-refractivity contribution in [2.45, 2.75) is 39.5 Å². The lowest BCUT2D eigenvalue weighted by Gasteiger charge is -2.37. The molecular weight excluding hydrogens is 458 g/mol. The van der Waals surface area contributed by atoms with Gasteiger partial charge in [-0.2, -0.15) is 0 Å². The number of para-hydroxylation sites is 1. The van der Waals surface area contributed by atoms with E-state index in [4.69, 9.17) is 4.74 Å². The maximum absolute atomic E-state index is 13.0. The third kappa shape index (κ3) is 6.67. The molecule has 6 nitrogen and oxygen atoms in total. The highest BCUT2D eigenvalue weighted by Crippen LogP contribution is 2.33. The van der Waals surface area contributed by atoms with Crippen molar-refractivity contribution >= 4 is 34.7 Å². The zero-order chi connectivity index (χ0) is 24.6. The standard InChI is InChI=1S/C28H35N3O3S/c1-3-4-5-8-19-34-24-13-11-23(12-14-24)20-26-27(32)31(28(33)35-26)21-29-15-17-30(18-16-29)25-10-7-6-9-22(25)2/h6-7,9-14,20H,3-5,8,15-19,21H2,1-2H3/b26-20+. The molecule has 2 saturated heterocycles. The minimum Gasteiger partial charge on any atom is -0.494 e. The van der Waals surface area contributed by atoms with E-state index in [0.717, 1.165) is 62.3 Å². The van der Waals surface area contributed by atoms with Crippen molar-refractivity contribution in [3.8, 4) is 5.75 Å². The molecule has 2 aromatic rings. The van der Waals surface area contributed by atoms with Crippen LogP contribution in [0.15, 0.2) is 53.4 Å². The van der Waals surface area contributed by atoms with Gasteiger partial charge in [0, 0.05) is 31.9 Å². The van der Waals surface area contributed by atoms with Crippen molar-refractivity contribution in [1.29, 1.82) is 0 Å². The summed E-state index contributed by atoms with van der Waals surface area (Å²) in [6.45, 7) is 8.77. The number of carbonyl (C=O) groups excluding carboxylic acids is 2. The van der Waals surface area contributed by atoms with Gasteiger partial charge in [-0.15, -0.1) is 0 Å². The maximum Gasteiger partial charge on any atom is 0.294 e. The number of imide groups is 1. The molecule has 0 aromatic heterocycles. The van der Waals surface area contributed by atoms with Gasteiger partial charge in [-0.05, 0) is 60.5 Å². The average Bonchev–Trinajstić information content (AvgIpc) is 3.13. The zero-order valence-electron chi connectivity index (χ0n) is 20.7. The Bertz CT molecular complexity index is 1050. The van der Waals surface area contributed by atoms with Crippen LogP contribution in [-0.4, -0.2) is 60.4 Å². The number of thioether (sulfide) groups is 1. The second-order valence-corrected chi connectivity index (χ2v) is 10.1. The SMILES string of the molecule is CCCCCCOc1ccc(/C=C2/SC(=O)N(CN3CCN(c4ccccc4C)CC3)C2=O)cc1. The molecular formula is C28H35N3O3S. The second kappa shape index (κ2) is 12.3. The predicted octanol–water partition coefficient (Wildman–Crippen LogP) is 5.77. The van der Waals surface area contributed by atoms with Crippen LogP contribution >= 0.6 is 11.8 Å². The minimum atomic E-state index is -0.211. The molecule has 186 valence electrons. The Morgan fingerprint density at radius 1 is 0.943 bits per heavy atom. The number of carbonyl (C=O) groups is 2. The molecule has 2 fully saturated rings. The summed E-state index contributed by atoms with van der Waals surface area (Å²) in [5.41, 5.74) is 3.42. The molecule has 0 bridgehead atoms. The Hall–Kier alpha value is -2.77. The molecule has 2 aliphatic heterocycles. The first-order valence-electron chi connectivity index (χ1n) is 12.6. The normalized spacial score (nSPS) is 18.1. The first kappa shape index (κ1) is 25.3. The summed E-state index contributed by atoms with van der Waals surface area (Å²) in [7, 11) is 0. The quantitative estimate of drug-likeness (QED) is 0.309. The molecule has 2 aromatic carbocycles. The van der Waals surface area contributed by atoms with E-state index in [1.165, 1.54) is 35.4 Å². The largest absolute Gasteiger partial charge is 0.494 e.